The van der Waals surface area contributed by atoms with Gasteiger partial charge in [0.15, 0.2) is 23.9 Å². The fourth-order valence-corrected chi connectivity index (χ4v) is 2.01. The van der Waals surface area contributed by atoms with E-state index in [1.54, 1.807) is 21.3 Å². The fraction of sp³-hybridized carbons (Fsp3) is 0.235. The molecule has 1 aromatic heterocycles. The van der Waals surface area contributed by atoms with E-state index in [0.29, 0.717) is 17.2 Å². The van der Waals surface area contributed by atoms with E-state index in [1.165, 1.54) is 0 Å². The molecular weight excluding hydrogens is 393 g/mol. The van der Waals surface area contributed by atoms with Crippen molar-refractivity contribution in [2.45, 2.75) is 0 Å². The first-order chi connectivity index (χ1) is 10.2. The maximum absolute atomic E-state index is 5.34. The summed E-state index contributed by atoms with van der Waals surface area (Å²) in [5, 5.41) is 0. The van der Waals surface area contributed by atoms with Crippen LogP contribution in [-0.2, 0) is 7.05 Å². The second kappa shape index (κ2) is 8.63. The van der Waals surface area contributed by atoms with E-state index in [2.05, 4.69) is 12.1 Å². The van der Waals surface area contributed by atoms with Crippen molar-refractivity contribution >= 4 is 12.2 Å². The van der Waals surface area contributed by atoms with Crippen LogP contribution in [0.5, 0.6) is 17.2 Å². The van der Waals surface area contributed by atoms with Crippen molar-refractivity contribution in [3.8, 4) is 17.2 Å². The molecule has 0 N–H and O–H groups in total. The second-order valence-electron chi connectivity index (χ2n) is 4.59. The minimum atomic E-state index is 0. The highest BCUT2D eigenvalue weighted by molar-refractivity contribution is 5.72. The highest BCUT2D eigenvalue weighted by atomic mass is 127. The van der Waals surface area contributed by atoms with Gasteiger partial charge >= 0.3 is 0 Å². The number of methoxy groups -OCH3 is 3. The second-order valence-corrected chi connectivity index (χ2v) is 4.59. The lowest BCUT2D eigenvalue weighted by molar-refractivity contribution is -0.671. The van der Waals surface area contributed by atoms with Gasteiger partial charge in [0, 0.05) is 12.1 Å². The molecule has 5 heteroatoms. The summed E-state index contributed by atoms with van der Waals surface area (Å²) in [5.74, 6) is 1.90. The van der Waals surface area contributed by atoms with E-state index < -0.39 is 0 Å². The average Bonchev–Trinajstić information content (AvgIpc) is 2.53. The molecule has 0 unspecified atom stereocenters. The number of hydrogen-bond acceptors (Lipinski definition) is 3. The minimum absolute atomic E-state index is 0. The van der Waals surface area contributed by atoms with Crippen LogP contribution < -0.4 is 42.8 Å². The van der Waals surface area contributed by atoms with Gasteiger partial charge in [-0.05, 0) is 23.3 Å². The number of aryl methyl sites for hydroxylation is 1. The number of halogens is 1. The third kappa shape index (κ3) is 4.37. The van der Waals surface area contributed by atoms with E-state index >= 15 is 0 Å². The van der Waals surface area contributed by atoms with Crippen molar-refractivity contribution in [2.24, 2.45) is 7.05 Å². The van der Waals surface area contributed by atoms with Gasteiger partial charge < -0.3 is 38.2 Å². The molecule has 2 rings (SSSR count). The van der Waals surface area contributed by atoms with Gasteiger partial charge in [0.2, 0.25) is 5.75 Å². The number of nitrogens with zero attached hydrogens (tertiary/aromatic N) is 1. The summed E-state index contributed by atoms with van der Waals surface area (Å²) in [4.78, 5) is 0. The summed E-state index contributed by atoms with van der Waals surface area (Å²) in [7, 11) is 6.82. The highest BCUT2D eigenvalue weighted by Gasteiger charge is 2.11. The molecule has 0 amide bonds. The number of aromatic nitrogens is 1. The van der Waals surface area contributed by atoms with Crippen LogP contribution >= 0.6 is 0 Å². The molecule has 22 heavy (non-hydrogen) atoms. The molecule has 4 nitrogen and oxygen atoms in total. The van der Waals surface area contributed by atoms with E-state index in [9.17, 15) is 0 Å². The zero-order valence-corrected chi connectivity index (χ0v) is 15.3. The normalized spacial score (nSPS) is 10.2. The molecule has 1 heterocycles. The molecule has 0 aliphatic rings. The monoisotopic (exact) mass is 413 g/mol. The first-order valence-electron chi connectivity index (χ1n) is 6.61. The van der Waals surface area contributed by atoms with Crippen molar-refractivity contribution in [3.05, 3.63) is 47.8 Å². The Morgan fingerprint density at radius 3 is 1.77 bits per heavy atom. The number of hydrogen-bond donors (Lipinski definition) is 0. The Hall–Kier alpha value is -1.76. The van der Waals surface area contributed by atoms with Crippen molar-refractivity contribution in [1.82, 2.24) is 0 Å². The van der Waals surface area contributed by atoms with Gasteiger partial charge in [0.05, 0.1) is 21.3 Å². The van der Waals surface area contributed by atoms with Crippen LogP contribution in [0.25, 0.3) is 12.2 Å². The van der Waals surface area contributed by atoms with Crippen LogP contribution in [0.4, 0.5) is 0 Å². The average molecular weight is 413 g/mol. The van der Waals surface area contributed by atoms with Gasteiger partial charge in [-0.15, -0.1) is 0 Å². The molecule has 1 aromatic carbocycles. The molecule has 0 radical (unpaired) electrons. The maximum atomic E-state index is 5.34. The van der Waals surface area contributed by atoms with E-state index in [0.717, 1.165) is 11.1 Å². The fourth-order valence-electron chi connectivity index (χ4n) is 2.01. The Labute approximate surface area is 148 Å². The zero-order valence-electron chi connectivity index (χ0n) is 13.2. The van der Waals surface area contributed by atoms with E-state index in [-0.39, 0.29) is 24.0 Å². The number of rotatable bonds is 5. The molecule has 2 aromatic rings. The smallest absolute Gasteiger partial charge is 0.203 e. The van der Waals surface area contributed by atoms with Crippen LogP contribution in [-0.4, -0.2) is 21.3 Å². The first-order valence-corrected chi connectivity index (χ1v) is 6.61. The van der Waals surface area contributed by atoms with E-state index in [1.807, 2.05) is 48.3 Å². The summed E-state index contributed by atoms with van der Waals surface area (Å²) in [6, 6.07) is 7.94. The standard InChI is InChI=1S/C17H20NO3.HI/c1-18-9-7-13(8-10-18)5-6-14-11-15(19-2)17(21-4)16(12-14)20-3;/h5-12H,1-4H3;1H/q+1;/p-1/b6-5-;. The van der Waals surface area contributed by atoms with Crippen molar-refractivity contribution in [2.75, 3.05) is 21.3 Å². The molecule has 0 aliphatic heterocycles. The number of benzene rings is 1. The SMILES string of the molecule is COc1cc(/C=C\c2cc[n+](C)cc2)cc(OC)c1OC.[I-]. The molecular formula is C17H20INO3. The molecule has 0 saturated heterocycles. The Morgan fingerprint density at radius 2 is 1.32 bits per heavy atom. The van der Waals surface area contributed by atoms with Gasteiger partial charge in [0.1, 0.15) is 7.05 Å². The molecule has 0 fully saturated rings. The third-order valence-corrected chi connectivity index (χ3v) is 3.16. The minimum Gasteiger partial charge on any atom is -1.00 e. The molecule has 0 bridgehead atoms. The van der Waals surface area contributed by atoms with Gasteiger partial charge in [0.25, 0.3) is 0 Å². The van der Waals surface area contributed by atoms with Gasteiger partial charge in [-0.1, -0.05) is 12.2 Å². The Morgan fingerprint density at radius 1 is 0.818 bits per heavy atom. The summed E-state index contributed by atoms with van der Waals surface area (Å²) in [6.45, 7) is 0. The van der Waals surface area contributed by atoms with E-state index in [4.69, 9.17) is 14.2 Å². The maximum Gasteiger partial charge on any atom is 0.203 e. The van der Waals surface area contributed by atoms with Crippen molar-refractivity contribution in [3.63, 3.8) is 0 Å². The van der Waals surface area contributed by atoms with Crippen LogP contribution in [0, 0.1) is 0 Å². The molecule has 0 saturated carbocycles. The summed E-state index contributed by atoms with van der Waals surface area (Å²) < 4.78 is 18.0. The molecule has 0 atom stereocenters. The Kier molecular flexibility index (Phi) is 7.17. The predicted octanol–water partition coefficient (Wildman–Crippen LogP) is -0.289. The largest absolute Gasteiger partial charge is 1.00 e. The van der Waals surface area contributed by atoms with Gasteiger partial charge in [-0.2, -0.15) is 0 Å². The summed E-state index contributed by atoms with van der Waals surface area (Å²) >= 11 is 0. The summed E-state index contributed by atoms with van der Waals surface area (Å²) in [5.41, 5.74) is 2.11. The lowest BCUT2D eigenvalue weighted by Crippen LogP contribution is -3.00. The van der Waals surface area contributed by atoms with Crippen LogP contribution in [0.2, 0.25) is 0 Å². The zero-order chi connectivity index (χ0) is 15.2. The number of ether oxygens (including phenoxy) is 3. The number of pyridine rings is 1. The highest BCUT2D eigenvalue weighted by Crippen LogP contribution is 2.38. The third-order valence-electron chi connectivity index (χ3n) is 3.16. The Bertz CT molecular complexity index is 614. The van der Waals surface area contributed by atoms with Crippen molar-refractivity contribution < 1.29 is 42.8 Å². The predicted molar refractivity (Wildman–Crippen MR) is 82.6 cm³/mol. The van der Waals surface area contributed by atoms with Crippen LogP contribution in [0.15, 0.2) is 36.7 Å². The van der Waals surface area contributed by atoms with Crippen molar-refractivity contribution in [1.29, 1.82) is 0 Å². The van der Waals surface area contributed by atoms with Crippen LogP contribution in [0.1, 0.15) is 11.1 Å². The topological polar surface area (TPSA) is 31.6 Å². The van der Waals surface area contributed by atoms with Gasteiger partial charge in [-0.25, -0.2) is 4.57 Å². The molecule has 0 spiro atoms. The van der Waals surface area contributed by atoms with Gasteiger partial charge in [-0.3, -0.25) is 0 Å². The quantitative estimate of drug-likeness (QED) is 0.499. The first kappa shape index (κ1) is 18.3. The lowest BCUT2D eigenvalue weighted by atomic mass is 10.1. The molecule has 0 aliphatic carbocycles. The lowest BCUT2D eigenvalue weighted by Gasteiger charge is -2.12. The Balaban J connectivity index is 0.00000242. The summed E-state index contributed by atoms with van der Waals surface area (Å²) in [6.07, 6.45) is 8.07. The molecule has 118 valence electrons. The van der Waals surface area contributed by atoms with Crippen LogP contribution in [0.3, 0.4) is 0 Å².